The van der Waals surface area contributed by atoms with Crippen LogP contribution >= 0.6 is 0 Å². The third-order valence-corrected chi connectivity index (χ3v) is 4.04. The number of nitrogens with zero attached hydrogens (tertiary/aromatic N) is 2. The van der Waals surface area contributed by atoms with E-state index >= 15 is 0 Å². The predicted octanol–water partition coefficient (Wildman–Crippen LogP) is 2.31. The molecule has 0 aliphatic rings. The zero-order chi connectivity index (χ0) is 13.1. The third-order valence-electron chi connectivity index (χ3n) is 2.90. The molecule has 0 unspecified atom stereocenters. The van der Waals surface area contributed by atoms with E-state index in [0.29, 0.717) is 0 Å². The van der Waals surface area contributed by atoms with Gasteiger partial charge in [-0.25, -0.2) is 0 Å². The van der Waals surface area contributed by atoms with Gasteiger partial charge in [0.05, 0.1) is 0 Å². The molecule has 1 N–H and O–H groups in total. The molecule has 2 aromatic carbocycles. The Kier molecular flexibility index (Phi) is 3.49. The molecule has 0 radical (unpaired) electrons. The summed E-state index contributed by atoms with van der Waals surface area (Å²) in [4.78, 5) is 0. The summed E-state index contributed by atoms with van der Waals surface area (Å²) in [5.74, 6) is 0.876. The van der Waals surface area contributed by atoms with Crippen LogP contribution in [0.3, 0.4) is 0 Å². The monoisotopic (exact) mass is 319 g/mol. The van der Waals surface area contributed by atoms with Gasteiger partial charge in [-0.3, -0.25) is 0 Å². The molecule has 19 heavy (non-hydrogen) atoms. The normalized spacial score (nSPS) is 10.6. The van der Waals surface area contributed by atoms with Gasteiger partial charge in [0.2, 0.25) is 0 Å². The van der Waals surface area contributed by atoms with Gasteiger partial charge >= 0.3 is 117 Å². The molecule has 0 atom stereocenters. The summed E-state index contributed by atoms with van der Waals surface area (Å²) in [7, 11) is 1.68. The number of fused-ring (bicyclic) bond motifs is 1. The molecule has 0 fully saturated rings. The average Bonchev–Trinajstić information content (AvgIpc) is 2.94. The predicted molar refractivity (Wildman–Crippen MR) is 76.8 cm³/mol. The maximum absolute atomic E-state index is 5.22. The van der Waals surface area contributed by atoms with E-state index in [2.05, 4.69) is 19.3 Å². The SMILES string of the molecule is COc1cccc(CNc2cccc3n[se]nc23)c1. The molecular formula is C14H13N3OSe. The van der Waals surface area contributed by atoms with Crippen molar-refractivity contribution < 1.29 is 4.74 Å². The molecule has 3 rings (SSSR count). The van der Waals surface area contributed by atoms with E-state index in [4.69, 9.17) is 4.74 Å². The Bertz CT molecular complexity index is 696. The van der Waals surface area contributed by atoms with Crippen LogP contribution in [0.1, 0.15) is 5.56 Å². The van der Waals surface area contributed by atoms with E-state index in [-0.39, 0.29) is 15.0 Å². The second kappa shape index (κ2) is 5.43. The fourth-order valence-corrected chi connectivity index (χ4v) is 3.08. The van der Waals surface area contributed by atoms with E-state index in [9.17, 15) is 0 Å². The van der Waals surface area contributed by atoms with Crippen LogP contribution in [0.25, 0.3) is 11.0 Å². The van der Waals surface area contributed by atoms with Crippen molar-refractivity contribution in [3.63, 3.8) is 0 Å². The number of aromatic nitrogens is 2. The Morgan fingerprint density at radius 1 is 1.16 bits per heavy atom. The zero-order valence-corrected chi connectivity index (χ0v) is 12.2. The van der Waals surface area contributed by atoms with Crippen molar-refractivity contribution in [2.24, 2.45) is 0 Å². The molecular weight excluding hydrogens is 305 g/mol. The van der Waals surface area contributed by atoms with Gasteiger partial charge < -0.3 is 0 Å². The third kappa shape index (κ3) is 2.62. The number of methoxy groups -OCH3 is 1. The molecule has 4 nitrogen and oxygen atoms in total. The van der Waals surface area contributed by atoms with Crippen LogP contribution in [0.4, 0.5) is 5.69 Å². The first-order chi connectivity index (χ1) is 9.36. The number of rotatable bonds is 4. The van der Waals surface area contributed by atoms with Crippen LogP contribution in [0.15, 0.2) is 42.5 Å². The van der Waals surface area contributed by atoms with Gasteiger partial charge in [-0.15, -0.1) is 0 Å². The number of nitrogens with one attached hydrogen (secondary N) is 1. The van der Waals surface area contributed by atoms with Crippen LogP contribution in [-0.4, -0.2) is 30.0 Å². The average molecular weight is 318 g/mol. The number of anilines is 1. The molecule has 0 bridgehead atoms. The molecule has 0 amide bonds. The van der Waals surface area contributed by atoms with Crippen molar-refractivity contribution in [1.29, 1.82) is 0 Å². The Morgan fingerprint density at radius 3 is 2.95 bits per heavy atom. The quantitative estimate of drug-likeness (QED) is 0.750. The first-order valence-corrected chi connectivity index (χ1v) is 7.48. The van der Waals surface area contributed by atoms with Crippen LogP contribution < -0.4 is 10.1 Å². The number of hydrogen-bond donors (Lipinski definition) is 1. The second-order valence-electron chi connectivity index (χ2n) is 4.14. The minimum atomic E-state index is 0.0100. The maximum atomic E-state index is 5.22. The number of ether oxygens (including phenoxy) is 1. The fraction of sp³-hybridized carbons (Fsp3) is 0.143. The van der Waals surface area contributed by atoms with Crippen molar-refractivity contribution in [2.45, 2.75) is 6.54 Å². The summed E-state index contributed by atoms with van der Waals surface area (Å²) in [6, 6.07) is 14.1. The topological polar surface area (TPSA) is 47.0 Å². The standard InChI is InChI=1S/C14H13N3OSe/c1-18-11-5-2-4-10(8-11)9-15-12-6-3-7-13-14(12)17-19-16-13/h2-8,15H,9H2,1H3. The summed E-state index contributed by atoms with van der Waals surface area (Å²) in [6.07, 6.45) is 0. The molecule has 5 heteroatoms. The summed E-state index contributed by atoms with van der Waals surface area (Å²) in [5.41, 5.74) is 4.21. The summed E-state index contributed by atoms with van der Waals surface area (Å²) >= 11 is 0.0100. The van der Waals surface area contributed by atoms with Crippen molar-refractivity contribution in [2.75, 3.05) is 12.4 Å². The Morgan fingerprint density at radius 2 is 2.05 bits per heavy atom. The number of hydrogen-bond acceptors (Lipinski definition) is 4. The first kappa shape index (κ1) is 12.2. The summed E-state index contributed by atoms with van der Waals surface area (Å²) in [5, 5.41) is 3.41. The molecule has 3 aromatic rings. The molecule has 0 saturated heterocycles. The second-order valence-corrected chi connectivity index (χ2v) is 5.25. The van der Waals surface area contributed by atoms with Gasteiger partial charge in [-0.2, -0.15) is 0 Å². The van der Waals surface area contributed by atoms with E-state index < -0.39 is 0 Å². The Hall–Kier alpha value is -1.84. The molecule has 1 aromatic heterocycles. The van der Waals surface area contributed by atoms with Crippen molar-refractivity contribution in [1.82, 2.24) is 7.96 Å². The van der Waals surface area contributed by atoms with E-state index in [1.54, 1.807) is 7.11 Å². The fourth-order valence-electron chi connectivity index (χ4n) is 1.93. The molecule has 0 aliphatic heterocycles. The van der Waals surface area contributed by atoms with Crippen LogP contribution in [0.5, 0.6) is 5.75 Å². The molecule has 1 heterocycles. The first-order valence-electron chi connectivity index (χ1n) is 5.95. The van der Waals surface area contributed by atoms with E-state index in [1.807, 2.05) is 36.4 Å². The number of benzene rings is 2. The summed E-state index contributed by atoms with van der Waals surface area (Å²) in [6.45, 7) is 0.746. The summed E-state index contributed by atoms with van der Waals surface area (Å²) < 4.78 is 14.1. The van der Waals surface area contributed by atoms with Gasteiger partial charge in [0.15, 0.2) is 0 Å². The van der Waals surface area contributed by atoms with Gasteiger partial charge in [0, 0.05) is 0 Å². The Balaban J connectivity index is 1.80. The minimum absolute atomic E-state index is 0.0100. The Labute approximate surface area is 117 Å². The molecule has 0 aliphatic carbocycles. The molecule has 96 valence electrons. The van der Waals surface area contributed by atoms with E-state index in [1.165, 1.54) is 5.56 Å². The van der Waals surface area contributed by atoms with Crippen LogP contribution in [0.2, 0.25) is 0 Å². The van der Waals surface area contributed by atoms with Gasteiger partial charge in [-0.05, 0) is 0 Å². The van der Waals surface area contributed by atoms with Crippen molar-refractivity contribution >= 4 is 31.7 Å². The molecule has 0 saturated carbocycles. The van der Waals surface area contributed by atoms with Gasteiger partial charge in [0.25, 0.3) is 0 Å². The zero-order valence-electron chi connectivity index (χ0n) is 10.5. The van der Waals surface area contributed by atoms with Gasteiger partial charge in [-0.1, -0.05) is 0 Å². The van der Waals surface area contributed by atoms with Gasteiger partial charge in [0.1, 0.15) is 0 Å². The van der Waals surface area contributed by atoms with E-state index in [0.717, 1.165) is 29.0 Å². The van der Waals surface area contributed by atoms with Crippen molar-refractivity contribution in [3.8, 4) is 5.75 Å². The van der Waals surface area contributed by atoms with Crippen molar-refractivity contribution in [3.05, 3.63) is 48.0 Å². The van der Waals surface area contributed by atoms with Crippen LogP contribution in [0, 0.1) is 0 Å². The molecule has 0 spiro atoms. The van der Waals surface area contributed by atoms with Crippen LogP contribution in [-0.2, 0) is 6.54 Å².